The van der Waals surface area contributed by atoms with Gasteiger partial charge in [0.25, 0.3) is 0 Å². The van der Waals surface area contributed by atoms with Crippen LogP contribution in [0.2, 0.25) is 5.02 Å². The first-order valence-corrected chi connectivity index (χ1v) is 9.27. The molecule has 1 aromatic carbocycles. The van der Waals surface area contributed by atoms with Gasteiger partial charge in [-0.05, 0) is 37.1 Å². The fourth-order valence-electron chi connectivity index (χ4n) is 2.89. The molecule has 1 saturated heterocycles. The number of carbonyl (C=O) groups is 1. The van der Waals surface area contributed by atoms with Gasteiger partial charge in [-0.3, -0.25) is 5.32 Å². The quantitative estimate of drug-likeness (QED) is 0.733. The number of nitrogens with one attached hydrogen (secondary N) is 1. The lowest BCUT2D eigenvalue weighted by molar-refractivity contribution is 0.184. The van der Waals surface area contributed by atoms with Crippen molar-refractivity contribution in [3.05, 3.63) is 41.4 Å². The Balaban J connectivity index is 1.44. The fourth-order valence-corrected chi connectivity index (χ4v) is 3.42. The SMILES string of the molecule is O=C(Nc1cnns1)N1CCCC(c2nc(-c3ccc(Cl)cc3)no2)C1. The standard InChI is InChI=1S/C16H15ClN6O2S/c17-12-5-3-10(4-6-12)14-20-15(25-21-14)11-2-1-7-23(9-11)16(24)19-13-8-18-22-26-13/h3-6,8,11H,1-2,7,9H2,(H,19,24). The van der Waals surface area contributed by atoms with Crippen molar-refractivity contribution in [3.8, 4) is 11.4 Å². The van der Waals surface area contributed by atoms with Crippen LogP contribution in [-0.2, 0) is 0 Å². The molecule has 1 fully saturated rings. The second-order valence-corrected chi connectivity index (χ2v) is 7.18. The average Bonchev–Trinajstić information content (AvgIpc) is 3.34. The van der Waals surface area contributed by atoms with Crippen molar-refractivity contribution >= 4 is 34.2 Å². The lowest BCUT2D eigenvalue weighted by Crippen LogP contribution is -2.41. The van der Waals surface area contributed by atoms with E-state index in [9.17, 15) is 4.79 Å². The van der Waals surface area contributed by atoms with Gasteiger partial charge in [-0.1, -0.05) is 21.2 Å². The van der Waals surface area contributed by atoms with Gasteiger partial charge >= 0.3 is 6.03 Å². The lowest BCUT2D eigenvalue weighted by Gasteiger charge is -2.30. The molecule has 134 valence electrons. The molecule has 1 unspecified atom stereocenters. The van der Waals surface area contributed by atoms with Crippen molar-refractivity contribution in [2.75, 3.05) is 18.4 Å². The minimum atomic E-state index is -0.168. The van der Waals surface area contributed by atoms with Crippen LogP contribution in [0.25, 0.3) is 11.4 Å². The van der Waals surface area contributed by atoms with Crippen LogP contribution in [0.3, 0.4) is 0 Å². The van der Waals surface area contributed by atoms with Crippen molar-refractivity contribution in [3.63, 3.8) is 0 Å². The molecule has 0 radical (unpaired) electrons. The summed E-state index contributed by atoms with van der Waals surface area (Å²) in [6.45, 7) is 1.22. The number of rotatable bonds is 3. The molecule has 2 amide bonds. The molecule has 3 aromatic rings. The van der Waals surface area contributed by atoms with Gasteiger partial charge in [-0.25, -0.2) is 4.79 Å². The van der Waals surface area contributed by atoms with Gasteiger partial charge in [0, 0.05) is 35.2 Å². The van der Waals surface area contributed by atoms with E-state index in [1.807, 2.05) is 12.1 Å². The van der Waals surface area contributed by atoms with Crippen LogP contribution in [0.5, 0.6) is 0 Å². The highest BCUT2D eigenvalue weighted by Gasteiger charge is 2.29. The molecule has 0 spiro atoms. The molecule has 1 N–H and O–H groups in total. The summed E-state index contributed by atoms with van der Waals surface area (Å²) in [6.07, 6.45) is 3.30. The van der Waals surface area contributed by atoms with E-state index in [4.69, 9.17) is 16.1 Å². The Morgan fingerprint density at radius 3 is 2.96 bits per heavy atom. The fraction of sp³-hybridized carbons (Fsp3) is 0.312. The van der Waals surface area contributed by atoms with Gasteiger partial charge in [0.1, 0.15) is 5.00 Å². The number of urea groups is 1. The number of likely N-dealkylation sites (tertiary alicyclic amines) is 1. The number of aromatic nitrogens is 4. The Morgan fingerprint density at radius 1 is 1.35 bits per heavy atom. The predicted octanol–water partition coefficient (Wildman–Crippen LogP) is 3.65. The molecule has 0 bridgehead atoms. The zero-order valence-corrected chi connectivity index (χ0v) is 15.2. The molecule has 4 rings (SSSR count). The van der Waals surface area contributed by atoms with Crippen molar-refractivity contribution in [2.24, 2.45) is 0 Å². The van der Waals surface area contributed by atoms with Crippen molar-refractivity contribution < 1.29 is 9.32 Å². The molecular formula is C16H15ClN6O2S. The lowest BCUT2D eigenvalue weighted by atomic mass is 9.98. The topological polar surface area (TPSA) is 97.0 Å². The summed E-state index contributed by atoms with van der Waals surface area (Å²) in [6, 6.07) is 7.10. The smallest absolute Gasteiger partial charge is 0.322 e. The number of nitrogens with zero attached hydrogens (tertiary/aromatic N) is 5. The molecule has 2 aromatic heterocycles. The van der Waals surface area contributed by atoms with E-state index < -0.39 is 0 Å². The van der Waals surface area contributed by atoms with Crippen LogP contribution in [-0.4, -0.2) is 43.7 Å². The normalized spacial score (nSPS) is 17.3. The molecule has 3 heterocycles. The maximum Gasteiger partial charge on any atom is 0.322 e. The Bertz CT molecular complexity index is 883. The first kappa shape index (κ1) is 16.9. The highest BCUT2D eigenvalue weighted by Crippen LogP contribution is 2.28. The van der Waals surface area contributed by atoms with Crippen molar-refractivity contribution in [2.45, 2.75) is 18.8 Å². The number of amides is 2. The highest BCUT2D eigenvalue weighted by atomic mass is 35.5. The summed E-state index contributed by atoms with van der Waals surface area (Å²) in [4.78, 5) is 18.6. The third kappa shape index (κ3) is 3.68. The van der Waals surface area contributed by atoms with Crippen LogP contribution in [0.1, 0.15) is 24.7 Å². The Labute approximate surface area is 158 Å². The predicted molar refractivity (Wildman–Crippen MR) is 97.2 cm³/mol. The maximum absolute atomic E-state index is 12.4. The molecule has 1 atom stereocenters. The maximum atomic E-state index is 12.4. The summed E-state index contributed by atoms with van der Waals surface area (Å²) in [5.74, 6) is 1.09. The third-order valence-corrected chi connectivity index (χ3v) is 5.03. The summed E-state index contributed by atoms with van der Waals surface area (Å²) < 4.78 is 9.19. The van der Waals surface area contributed by atoms with Gasteiger partial charge in [-0.15, -0.1) is 5.10 Å². The van der Waals surface area contributed by atoms with Crippen LogP contribution < -0.4 is 5.32 Å². The number of hydrogen-bond donors (Lipinski definition) is 1. The molecule has 0 aliphatic carbocycles. The Morgan fingerprint density at radius 2 is 2.19 bits per heavy atom. The van der Waals surface area contributed by atoms with Crippen molar-refractivity contribution in [1.29, 1.82) is 0 Å². The third-order valence-electron chi connectivity index (χ3n) is 4.19. The molecule has 26 heavy (non-hydrogen) atoms. The Kier molecular flexibility index (Phi) is 4.81. The average molecular weight is 391 g/mol. The van der Waals surface area contributed by atoms with Gasteiger partial charge < -0.3 is 9.42 Å². The summed E-state index contributed by atoms with van der Waals surface area (Å²) in [7, 11) is 0. The number of hydrogen-bond acceptors (Lipinski definition) is 7. The summed E-state index contributed by atoms with van der Waals surface area (Å²) in [5, 5.41) is 11.9. The van der Waals surface area contributed by atoms with E-state index in [-0.39, 0.29) is 11.9 Å². The van der Waals surface area contributed by atoms with Gasteiger partial charge in [0.15, 0.2) is 0 Å². The first-order valence-electron chi connectivity index (χ1n) is 8.12. The largest absolute Gasteiger partial charge is 0.339 e. The number of halogens is 1. The molecule has 1 aliphatic heterocycles. The first-order chi connectivity index (χ1) is 12.7. The minimum absolute atomic E-state index is 0.0163. The second-order valence-electron chi connectivity index (χ2n) is 5.96. The second kappa shape index (κ2) is 7.38. The molecule has 0 saturated carbocycles. The minimum Gasteiger partial charge on any atom is -0.339 e. The number of piperidine rings is 1. The zero-order valence-electron chi connectivity index (χ0n) is 13.6. The zero-order chi connectivity index (χ0) is 17.9. The van der Waals surface area contributed by atoms with Crippen LogP contribution >= 0.6 is 23.1 Å². The molecule has 1 aliphatic rings. The van der Waals surface area contributed by atoms with Crippen LogP contribution in [0, 0.1) is 0 Å². The van der Waals surface area contributed by atoms with E-state index >= 15 is 0 Å². The van der Waals surface area contributed by atoms with E-state index in [0.717, 1.165) is 29.9 Å². The van der Waals surface area contributed by atoms with Crippen LogP contribution in [0.15, 0.2) is 35.0 Å². The van der Waals surface area contributed by atoms with E-state index in [0.29, 0.717) is 34.8 Å². The molecule has 8 nitrogen and oxygen atoms in total. The highest BCUT2D eigenvalue weighted by molar-refractivity contribution is 7.10. The molecular weight excluding hydrogens is 376 g/mol. The number of anilines is 1. The van der Waals surface area contributed by atoms with E-state index in [2.05, 4.69) is 25.0 Å². The van der Waals surface area contributed by atoms with Gasteiger partial charge in [-0.2, -0.15) is 4.98 Å². The van der Waals surface area contributed by atoms with E-state index in [1.165, 1.54) is 6.20 Å². The Hall–Kier alpha value is -2.52. The monoisotopic (exact) mass is 390 g/mol. The molecule has 10 heteroatoms. The van der Waals surface area contributed by atoms with Gasteiger partial charge in [0.2, 0.25) is 11.7 Å². The van der Waals surface area contributed by atoms with Gasteiger partial charge in [0.05, 0.1) is 12.1 Å². The van der Waals surface area contributed by atoms with E-state index in [1.54, 1.807) is 17.0 Å². The summed E-state index contributed by atoms with van der Waals surface area (Å²) in [5.41, 5.74) is 0.840. The number of benzene rings is 1. The number of carbonyl (C=O) groups excluding carboxylic acids is 1. The van der Waals surface area contributed by atoms with Crippen molar-refractivity contribution in [1.82, 2.24) is 24.6 Å². The summed E-state index contributed by atoms with van der Waals surface area (Å²) >= 11 is 7.05. The van der Waals surface area contributed by atoms with Crippen LogP contribution in [0.4, 0.5) is 9.80 Å².